The standard InChI is InChI=1S/C17H21N3O4S/c1-4-12(2)15(16-19-20-17(24-16)25(3,22)23)18-14(21)11-10-13-8-6-5-7-9-13/h5-12,15H,4H2,1-3H3,(H,18,21)/b11-10+/t12-,15+/m1/s1. The number of nitrogens with one attached hydrogen (secondary N) is 1. The third kappa shape index (κ3) is 5.25. The summed E-state index contributed by atoms with van der Waals surface area (Å²) in [5.41, 5.74) is 0.898. The minimum atomic E-state index is -3.59. The van der Waals surface area contributed by atoms with E-state index in [1.807, 2.05) is 44.2 Å². The first-order valence-corrected chi connectivity index (χ1v) is 9.77. The number of carbonyl (C=O) groups excluding carboxylic acids is 1. The molecule has 0 bridgehead atoms. The van der Waals surface area contributed by atoms with Crippen LogP contribution in [0.2, 0.25) is 0 Å². The molecule has 2 aromatic rings. The van der Waals surface area contributed by atoms with Gasteiger partial charge in [-0.2, -0.15) is 0 Å². The largest absolute Gasteiger partial charge is 0.410 e. The molecule has 0 unspecified atom stereocenters. The lowest BCUT2D eigenvalue weighted by Gasteiger charge is -2.20. The van der Waals surface area contributed by atoms with Crippen LogP contribution in [-0.4, -0.2) is 30.8 Å². The van der Waals surface area contributed by atoms with Gasteiger partial charge in [0, 0.05) is 12.3 Å². The van der Waals surface area contributed by atoms with Crippen LogP contribution in [0.15, 0.2) is 46.0 Å². The van der Waals surface area contributed by atoms with E-state index in [9.17, 15) is 13.2 Å². The molecule has 1 heterocycles. The molecule has 7 nitrogen and oxygen atoms in total. The Morgan fingerprint density at radius 1 is 1.28 bits per heavy atom. The summed E-state index contributed by atoms with van der Waals surface area (Å²) in [4.78, 5) is 12.2. The molecule has 25 heavy (non-hydrogen) atoms. The van der Waals surface area contributed by atoms with Crippen molar-refractivity contribution in [3.8, 4) is 0 Å². The van der Waals surface area contributed by atoms with Gasteiger partial charge in [-0.1, -0.05) is 55.7 Å². The summed E-state index contributed by atoms with van der Waals surface area (Å²) in [7, 11) is -3.59. The van der Waals surface area contributed by atoms with E-state index < -0.39 is 21.1 Å². The SMILES string of the molecule is CC[C@@H](C)[C@H](NC(=O)/C=C/c1ccccc1)c1nnc(S(C)(=O)=O)o1. The zero-order valence-electron chi connectivity index (χ0n) is 14.3. The molecule has 2 rings (SSSR count). The van der Waals surface area contributed by atoms with E-state index in [0.29, 0.717) is 0 Å². The summed E-state index contributed by atoms with van der Waals surface area (Å²) in [6.45, 7) is 3.87. The van der Waals surface area contributed by atoms with Gasteiger partial charge in [-0.05, 0) is 17.6 Å². The average Bonchev–Trinajstić information content (AvgIpc) is 3.08. The van der Waals surface area contributed by atoms with E-state index in [1.54, 1.807) is 6.08 Å². The molecule has 0 radical (unpaired) electrons. The van der Waals surface area contributed by atoms with E-state index in [0.717, 1.165) is 18.2 Å². The molecule has 1 N–H and O–H groups in total. The van der Waals surface area contributed by atoms with E-state index in [4.69, 9.17) is 4.42 Å². The Labute approximate surface area is 147 Å². The van der Waals surface area contributed by atoms with Crippen LogP contribution in [-0.2, 0) is 14.6 Å². The highest BCUT2D eigenvalue weighted by Gasteiger charge is 2.27. The van der Waals surface area contributed by atoms with Crippen molar-refractivity contribution in [2.24, 2.45) is 5.92 Å². The van der Waals surface area contributed by atoms with Crippen LogP contribution >= 0.6 is 0 Å². The molecule has 0 saturated heterocycles. The van der Waals surface area contributed by atoms with E-state index in [-0.39, 0.29) is 17.7 Å². The Balaban J connectivity index is 2.16. The Bertz CT molecular complexity index is 844. The number of sulfone groups is 1. The number of amides is 1. The number of hydrogen-bond acceptors (Lipinski definition) is 6. The van der Waals surface area contributed by atoms with Gasteiger partial charge in [0.2, 0.25) is 21.6 Å². The highest BCUT2D eigenvalue weighted by atomic mass is 32.2. The van der Waals surface area contributed by atoms with E-state index in [1.165, 1.54) is 6.08 Å². The number of rotatable bonds is 7. The monoisotopic (exact) mass is 363 g/mol. The Morgan fingerprint density at radius 3 is 2.52 bits per heavy atom. The van der Waals surface area contributed by atoms with Crippen molar-refractivity contribution in [1.29, 1.82) is 0 Å². The minimum absolute atomic E-state index is 0.0121. The first kappa shape index (κ1) is 18.9. The maximum absolute atomic E-state index is 12.2. The number of aromatic nitrogens is 2. The predicted molar refractivity (Wildman–Crippen MR) is 93.2 cm³/mol. The highest BCUT2D eigenvalue weighted by molar-refractivity contribution is 7.90. The first-order chi connectivity index (χ1) is 11.8. The molecule has 134 valence electrons. The zero-order valence-corrected chi connectivity index (χ0v) is 15.2. The summed E-state index contributed by atoms with van der Waals surface area (Å²) in [6, 6.07) is 8.85. The fourth-order valence-electron chi connectivity index (χ4n) is 2.12. The van der Waals surface area contributed by atoms with Gasteiger partial charge in [0.15, 0.2) is 0 Å². The van der Waals surface area contributed by atoms with Crippen LogP contribution in [0.5, 0.6) is 0 Å². The van der Waals surface area contributed by atoms with Crippen LogP contribution in [0, 0.1) is 5.92 Å². The first-order valence-electron chi connectivity index (χ1n) is 7.88. The lowest BCUT2D eigenvalue weighted by atomic mass is 9.99. The Hall–Kier alpha value is -2.48. The normalized spacial score (nSPS) is 14.4. The predicted octanol–water partition coefficient (Wildman–Crippen LogP) is 2.39. The minimum Gasteiger partial charge on any atom is -0.410 e. The van der Waals surface area contributed by atoms with Gasteiger partial charge in [0.05, 0.1) is 0 Å². The van der Waals surface area contributed by atoms with Crippen molar-refractivity contribution < 1.29 is 17.6 Å². The van der Waals surface area contributed by atoms with Gasteiger partial charge >= 0.3 is 5.22 Å². The molecule has 0 spiro atoms. The van der Waals surface area contributed by atoms with Crippen molar-refractivity contribution in [2.45, 2.75) is 31.5 Å². The lowest BCUT2D eigenvalue weighted by molar-refractivity contribution is -0.117. The fraction of sp³-hybridized carbons (Fsp3) is 0.353. The quantitative estimate of drug-likeness (QED) is 0.758. The summed E-state index contributed by atoms with van der Waals surface area (Å²) >= 11 is 0. The molecular weight excluding hydrogens is 342 g/mol. The number of benzene rings is 1. The average molecular weight is 363 g/mol. The van der Waals surface area contributed by atoms with Crippen molar-refractivity contribution in [3.05, 3.63) is 47.9 Å². The molecule has 0 fully saturated rings. The number of carbonyl (C=O) groups is 1. The second kappa shape index (κ2) is 8.06. The zero-order chi connectivity index (χ0) is 18.4. The van der Waals surface area contributed by atoms with Crippen LogP contribution in [0.4, 0.5) is 0 Å². The van der Waals surface area contributed by atoms with Crippen LogP contribution < -0.4 is 5.32 Å². The summed E-state index contributed by atoms with van der Waals surface area (Å²) in [5.74, 6) is -0.258. The second-order valence-electron chi connectivity index (χ2n) is 5.79. The number of hydrogen-bond donors (Lipinski definition) is 1. The molecule has 0 aliphatic carbocycles. The van der Waals surface area contributed by atoms with E-state index in [2.05, 4.69) is 15.5 Å². The smallest absolute Gasteiger partial charge is 0.335 e. The summed E-state index contributed by atoms with van der Waals surface area (Å²) < 4.78 is 28.2. The van der Waals surface area contributed by atoms with Crippen LogP contribution in [0.25, 0.3) is 6.08 Å². The molecule has 1 amide bonds. The van der Waals surface area contributed by atoms with Gasteiger partial charge in [-0.15, -0.1) is 5.10 Å². The van der Waals surface area contributed by atoms with Crippen molar-refractivity contribution >= 4 is 21.8 Å². The summed E-state index contributed by atoms with van der Waals surface area (Å²) in [5, 5.41) is 9.69. The number of nitrogens with zero attached hydrogens (tertiary/aromatic N) is 2. The van der Waals surface area contributed by atoms with Gasteiger partial charge in [-0.25, -0.2) is 8.42 Å². The molecule has 0 aliphatic rings. The highest BCUT2D eigenvalue weighted by Crippen LogP contribution is 2.24. The van der Waals surface area contributed by atoms with Gasteiger partial charge in [0.25, 0.3) is 0 Å². The Kier molecular flexibility index (Phi) is 6.08. The molecule has 0 aliphatic heterocycles. The maximum Gasteiger partial charge on any atom is 0.335 e. The van der Waals surface area contributed by atoms with Gasteiger partial charge in [0.1, 0.15) is 6.04 Å². The van der Waals surface area contributed by atoms with Crippen molar-refractivity contribution in [3.63, 3.8) is 0 Å². The topological polar surface area (TPSA) is 102 Å². The van der Waals surface area contributed by atoms with Crippen LogP contribution in [0.1, 0.15) is 37.8 Å². The van der Waals surface area contributed by atoms with Gasteiger partial charge in [-0.3, -0.25) is 4.79 Å². The third-order valence-corrected chi connectivity index (χ3v) is 4.54. The Morgan fingerprint density at radius 2 is 1.96 bits per heavy atom. The van der Waals surface area contributed by atoms with Crippen molar-refractivity contribution in [1.82, 2.24) is 15.5 Å². The molecular formula is C17H21N3O4S. The molecule has 0 saturated carbocycles. The van der Waals surface area contributed by atoms with E-state index >= 15 is 0 Å². The lowest BCUT2D eigenvalue weighted by Crippen LogP contribution is -2.31. The summed E-state index contributed by atoms with van der Waals surface area (Å²) in [6.07, 6.45) is 4.84. The third-order valence-electron chi connectivity index (χ3n) is 3.74. The van der Waals surface area contributed by atoms with Gasteiger partial charge < -0.3 is 9.73 Å². The fourth-order valence-corrected chi connectivity index (χ4v) is 2.54. The molecule has 1 aromatic carbocycles. The maximum atomic E-state index is 12.2. The molecule has 2 atom stereocenters. The molecule has 8 heteroatoms. The second-order valence-corrected chi connectivity index (χ2v) is 7.69. The van der Waals surface area contributed by atoms with Crippen LogP contribution in [0.3, 0.4) is 0 Å². The molecule has 1 aromatic heterocycles. The van der Waals surface area contributed by atoms with Crippen molar-refractivity contribution in [2.75, 3.05) is 6.26 Å².